The van der Waals surface area contributed by atoms with Crippen LogP contribution in [0.2, 0.25) is 0 Å². The third-order valence-corrected chi connectivity index (χ3v) is 3.94. The summed E-state index contributed by atoms with van der Waals surface area (Å²) in [5.74, 6) is 0.534. The van der Waals surface area contributed by atoms with Crippen LogP contribution >= 0.6 is 0 Å². The van der Waals surface area contributed by atoms with Crippen LogP contribution in [0.4, 0.5) is 4.39 Å². The number of rotatable bonds is 2. The molecule has 1 N–H and O–H groups in total. The minimum atomic E-state index is -0.824. The molecular formula is C18H19FO2. The molecule has 0 aromatic heterocycles. The third-order valence-electron chi connectivity index (χ3n) is 3.94. The molecular weight excluding hydrogens is 267 g/mol. The quantitative estimate of drug-likeness (QED) is 0.906. The van der Waals surface area contributed by atoms with E-state index < -0.39 is 6.10 Å². The number of halogens is 1. The first-order valence-electron chi connectivity index (χ1n) is 7.12. The van der Waals surface area contributed by atoms with Crippen molar-refractivity contribution in [3.05, 3.63) is 64.5 Å². The number of fused-ring (bicyclic) bond motifs is 1. The van der Waals surface area contributed by atoms with Crippen LogP contribution in [0.5, 0.6) is 5.75 Å². The Hall–Kier alpha value is -1.87. The molecule has 0 bridgehead atoms. The van der Waals surface area contributed by atoms with E-state index in [0.717, 1.165) is 28.9 Å². The number of hydrogen-bond donors (Lipinski definition) is 1. The van der Waals surface area contributed by atoms with Crippen LogP contribution in [-0.4, -0.2) is 10.7 Å². The van der Waals surface area contributed by atoms with Crippen LogP contribution in [0, 0.1) is 12.7 Å². The number of aryl methyl sites for hydroxylation is 1. The first-order valence-corrected chi connectivity index (χ1v) is 7.12. The molecule has 2 nitrogen and oxygen atoms in total. The Bertz CT molecular complexity index is 692. The Kier molecular flexibility index (Phi) is 3.25. The largest absolute Gasteiger partial charge is 0.487 e. The van der Waals surface area contributed by atoms with Gasteiger partial charge in [0.1, 0.15) is 23.3 Å². The maximum absolute atomic E-state index is 13.4. The van der Waals surface area contributed by atoms with Gasteiger partial charge < -0.3 is 9.84 Å². The molecule has 21 heavy (non-hydrogen) atoms. The van der Waals surface area contributed by atoms with Crippen molar-refractivity contribution >= 4 is 0 Å². The zero-order valence-electron chi connectivity index (χ0n) is 12.5. The average Bonchev–Trinajstić information content (AvgIpc) is 2.73. The standard InChI is InChI=1S/C18H19FO2/c1-11-4-6-14(19)9-15(11)17(20)12-5-7-16-13(8-12)10-18(2,3)21-16/h4-9,17,20H,10H2,1-3H3. The van der Waals surface area contributed by atoms with Gasteiger partial charge in [0.05, 0.1) is 0 Å². The van der Waals surface area contributed by atoms with Crippen molar-refractivity contribution in [2.45, 2.75) is 38.9 Å². The molecule has 3 rings (SSSR count). The minimum Gasteiger partial charge on any atom is -0.487 e. The van der Waals surface area contributed by atoms with Gasteiger partial charge in [0, 0.05) is 6.42 Å². The van der Waals surface area contributed by atoms with E-state index in [1.807, 2.05) is 39.0 Å². The summed E-state index contributed by atoms with van der Waals surface area (Å²) in [7, 11) is 0. The van der Waals surface area contributed by atoms with E-state index in [1.54, 1.807) is 6.07 Å². The second kappa shape index (κ2) is 4.85. The molecule has 1 aliphatic rings. The second-order valence-corrected chi connectivity index (χ2v) is 6.31. The molecule has 1 atom stereocenters. The first kappa shape index (κ1) is 14.1. The number of hydrogen-bond acceptors (Lipinski definition) is 2. The van der Waals surface area contributed by atoms with Crippen LogP contribution in [0.3, 0.4) is 0 Å². The first-order chi connectivity index (χ1) is 9.85. The fourth-order valence-electron chi connectivity index (χ4n) is 2.89. The molecule has 2 aromatic carbocycles. The van der Waals surface area contributed by atoms with Gasteiger partial charge in [-0.1, -0.05) is 12.1 Å². The van der Waals surface area contributed by atoms with E-state index in [1.165, 1.54) is 12.1 Å². The summed E-state index contributed by atoms with van der Waals surface area (Å²) in [4.78, 5) is 0. The molecule has 0 radical (unpaired) electrons. The van der Waals surface area contributed by atoms with E-state index in [0.29, 0.717) is 5.56 Å². The van der Waals surface area contributed by atoms with Crippen LogP contribution in [0.25, 0.3) is 0 Å². The summed E-state index contributed by atoms with van der Waals surface area (Å²) in [6, 6.07) is 10.2. The van der Waals surface area contributed by atoms with Gasteiger partial charge in [-0.05, 0) is 67.3 Å². The van der Waals surface area contributed by atoms with Gasteiger partial charge in [0.2, 0.25) is 0 Å². The zero-order chi connectivity index (χ0) is 15.2. The Morgan fingerprint density at radius 3 is 2.71 bits per heavy atom. The van der Waals surface area contributed by atoms with Crippen molar-refractivity contribution in [3.8, 4) is 5.75 Å². The Morgan fingerprint density at radius 1 is 1.19 bits per heavy atom. The SMILES string of the molecule is Cc1ccc(F)cc1C(O)c1ccc2c(c1)CC(C)(C)O2. The molecule has 2 aromatic rings. The lowest BCUT2D eigenvalue weighted by molar-refractivity contribution is 0.138. The lowest BCUT2D eigenvalue weighted by Gasteiger charge is -2.16. The maximum Gasteiger partial charge on any atom is 0.123 e. The van der Waals surface area contributed by atoms with Crippen molar-refractivity contribution in [1.29, 1.82) is 0 Å². The molecule has 0 saturated carbocycles. The van der Waals surface area contributed by atoms with Crippen molar-refractivity contribution in [1.82, 2.24) is 0 Å². The molecule has 0 saturated heterocycles. The van der Waals surface area contributed by atoms with Gasteiger partial charge in [0.15, 0.2) is 0 Å². The normalized spacial score (nSPS) is 17.2. The summed E-state index contributed by atoms with van der Waals surface area (Å²) in [6.07, 6.45) is -0.0138. The summed E-state index contributed by atoms with van der Waals surface area (Å²) >= 11 is 0. The van der Waals surface area contributed by atoms with Gasteiger partial charge in [-0.25, -0.2) is 4.39 Å². The van der Waals surface area contributed by atoms with Gasteiger partial charge >= 0.3 is 0 Å². The zero-order valence-corrected chi connectivity index (χ0v) is 12.5. The van der Waals surface area contributed by atoms with Gasteiger partial charge in [-0.2, -0.15) is 0 Å². The molecule has 0 spiro atoms. The lowest BCUT2D eigenvalue weighted by Crippen LogP contribution is -2.24. The molecule has 0 amide bonds. The molecule has 1 unspecified atom stereocenters. The highest BCUT2D eigenvalue weighted by atomic mass is 19.1. The number of ether oxygens (including phenoxy) is 1. The molecule has 0 aliphatic carbocycles. The van der Waals surface area contributed by atoms with Gasteiger partial charge in [-0.3, -0.25) is 0 Å². The molecule has 3 heteroatoms. The summed E-state index contributed by atoms with van der Waals surface area (Å²) < 4.78 is 19.2. The Morgan fingerprint density at radius 2 is 1.95 bits per heavy atom. The predicted molar refractivity (Wildman–Crippen MR) is 80.1 cm³/mol. The van der Waals surface area contributed by atoms with Crippen molar-refractivity contribution in [3.63, 3.8) is 0 Å². The molecule has 0 fully saturated rings. The fraction of sp³-hybridized carbons (Fsp3) is 0.333. The van der Waals surface area contributed by atoms with Crippen LogP contribution in [0.1, 0.15) is 42.2 Å². The second-order valence-electron chi connectivity index (χ2n) is 6.31. The van der Waals surface area contributed by atoms with Crippen LogP contribution < -0.4 is 4.74 Å². The highest BCUT2D eigenvalue weighted by Crippen LogP contribution is 2.37. The molecule has 110 valence electrons. The monoisotopic (exact) mass is 286 g/mol. The van der Waals surface area contributed by atoms with E-state index in [-0.39, 0.29) is 11.4 Å². The van der Waals surface area contributed by atoms with E-state index >= 15 is 0 Å². The number of benzene rings is 2. The molecule has 1 aliphatic heterocycles. The van der Waals surface area contributed by atoms with Crippen molar-refractivity contribution in [2.75, 3.05) is 0 Å². The van der Waals surface area contributed by atoms with Crippen molar-refractivity contribution < 1.29 is 14.2 Å². The van der Waals surface area contributed by atoms with E-state index in [2.05, 4.69) is 0 Å². The number of aliphatic hydroxyl groups excluding tert-OH is 1. The highest BCUT2D eigenvalue weighted by molar-refractivity contribution is 5.45. The summed E-state index contributed by atoms with van der Waals surface area (Å²) in [5, 5.41) is 10.6. The lowest BCUT2D eigenvalue weighted by atomic mass is 9.94. The maximum atomic E-state index is 13.4. The minimum absolute atomic E-state index is 0.208. The van der Waals surface area contributed by atoms with Gasteiger partial charge in [-0.15, -0.1) is 0 Å². The van der Waals surface area contributed by atoms with Crippen LogP contribution in [0.15, 0.2) is 36.4 Å². The predicted octanol–water partition coefficient (Wildman–Crippen LogP) is 3.93. The van der Waals surface area contributed by atoms with E-state index in [4.69, 9.17) is 4.74 Å². The highest BCUT2D eigenvalue weighted by Gasteiger charge is 2.30. The Labute approximate surface area is 124 Å². The smallest absolute Gasteiger partial charge is 0.123 e. The average molecular weight is 286 g/mol. The topological polar surface area (TPSA) is 29.5 Å². The number of aliphatic hydroxyl groups is 1. The van der Waals surface area contributed by atoms with Gasteiger partial charge in [0.25, 0.3) is 0 Å². The Balaban J connectivity index is 1.97. The third kappa shape index (κ3) is 2.66. The molecule has 1 heterocycles. The van der Waals surface area contributed by atoms with Crippen LogP contribution in [-0.2, 0) is 6.42 Å². The van der Waals surface area contributed by atoms with Crippen molar-refractivity contribution in [2.24, 2.45) is 0 Å². The summed E-state index contributed by atoms with van der Waals surface area (Å²) in [5.41, 5.74) is 3.13. The fourth-order valence-corrected chi connectivity index (χ4v) is 2.89. The van der Waals surface area contributed by atoms with E-state index in [9.17, 15) is 9.50 Å². The summed E-state index contributed by atoms with van der Waals surface area (Å²) in [6.45, 7) is 5.96.